The van der Waals surface area contributed by atoms with Crippen molar-refractivity contribution in [1.29, 1.82) is 0 Å². The normalized spacial score (nSPS) is 18.1. The lowest BCUT2D eigenvalue weighted by molar-refractivity contribution is -0.129. The van der Waals surface area contributed by atoms with Gasteiger partial charge in [-0.05, 0) is 0 Å². The third-order valence-electron chi connectivity index (χ3n) is 2.71. The van der Waals surface area contributed by atoms with Gasteiger partial charge in [-0.25, -0.2) is 0 Å². The second-order valence-corrected chi connectivity index (χ2v) is 3.89. The number of nitrogens with zero attached hydrogens (tertiary/aromatic N) is 1. The zero-order valence-corrected chi connectivity index (χ0v) is 9.64. The molecule has 0 radical (unpaired) electrons. The zero-order valence-electron chi connectivity index (χ0n) is 9.64. The second-order valence-electron chi connectivity index (χ2n) is 3.89. The third kappa shape index (κ3) is 2.53. The highest BCUT2D eigenvalue weighted by atomic mass is 16.2. The minimum absolute atomic E-state index is 0.0239. The molecule has 1 fully saturated rings. The topological polar surface area (TPSA) is 49.4 Å². The Kier molecular flexibility index (Phi) is 3.23. The lowest BCUT2D eigenvalue weighted by Crippen LogP contribution is -2.41. The number of hydrogen-bond acceptors (Lipinski definition) is 3. The van der Waals surface area contributed by atoms with E-state index in [2.05, 4.69) is 5.32 Å². The smallest absolute Gasteiger partial charge is 0.229 e. The number of nitrogens with one attached hydrogen (secondary N) is 1. The van der Waals surface area contributed by atoms with Crippen LogP contribution < -0.4 is 5.32 Å². The molecule has 1 aliphatic heterocycles. The molecule has 1 heterocycles. The van der Waals surface area contributed by atoms with Crippen molar-refractivity contribution in [3.05, 3.63) is 47.8 Å². The van der Waals surface area contributed by atoms with Gasteiger partial charge in [0.05, 0.1) is 0 Å². The number of amides is 1. The van der Waals surface area contributed by atoms with Crippen molar-refractivity contribution in [1.82, 2.24) is 10.2 Å². The van der Waals surface area contributed by atoms with Gasteiger partial charge >= 0.3 is 0 Å². The van der Waals surface area contributed by atoms with Crippen molar-refractivity contribution in [2.75, 3.05) is 13.6 Å². The SMILES string of the molecule is CN1C(=O)CCN/C1=C/C(=O)c1ccccc1. The van der Waals surface area contributed by atoms with Crippen LogP contribution in [0.25, 0.3) is 0 Å². The van der Waals surface area contributed by atoms with Crippen molar-refractivity contribution in [2.24, 2.45) is 0 Å². The van der Waals surface area contributed by atoms with Crippen LogP contribution in [0.2, 0.25) is 0 Å². The van der Waals surface area contributed by atoms with Crippen molar-refractivity contribution in [3.63, 3.8) is 0 Å². The van der Waals surface area contributed by atoms with E-state index >= 15 is 0 Å². The third-order valence-corrected chi connectivity index (χ3v) is 2.71. The van der Waals surface area contributed by atoms with Gasteiger partial charge in [-0.1, -0.05) is 30.3 Å². The van der Waals surface area contributed by atoms with Gasteiger partial charge in [0.15, 0.2) is 5.78 Å². The van der Waals surface area contributed by atoms with E-state index in [1.807, 2.05) is 18.2 Å². The molecule has 0 saturated carbocycles. The zero-order chi connectivity index (χ0) is 12.3. The van der Waals surface area contributed by atoms with E-state index in [0.717, 1.165) is 0 Å². The van der Waals surface area contributed by atoms with Crippen LogP contribution in [-0.4, -0.2) is 30.2 Å². The first-order chi connectivity index (χ1) is 8.18. The van der Waals surface area contributed by atoms with Gasteiger partial charge < -0.3 is 10.2 Å². The molecule has 0 atom stereocenters. The summed E-state index contributed by atoms with van der Waals surface area (Å²) < 4.78 is 0. The Morgan fingerprint density at radius 2 is 2.06 bits per heavy atom. The Labute approximate surface area is 99.9 Å². The Morgan fingerprint density at radius 3 is 2.76 bits per heavy atom. The van der Waals surface area contributed by atoms with Crippen molar-refractivity contribution in [2.45, 2.75) is 6.42 Å². The molecule has 1 saturated heterocycles. The number of hydrogen-bond donors (Lipinski definition) is 1. The monoisotopic (exact) mass is 230 g/mol. The van der Waals surface area contributed by atoms with Crippen molar-refractivity contribution >= 4 is 11.7 Å². The highest BCUT2D eigenvalue weighted by Gasteiger charge is 2.19. The number of rotatable bonds is 2. The molecule has 4 nitrogen and oxygen atoms in total. The van der Waals surface area contributed by atoms with Crippen LogP contribution >= 0.6 is 0 Å². The lowest BCUT2D eigenvalue weighted by atomic mass is 10.1. The number of carbonyl (C=O) groups excluding carboxylic acids is 2. The molecule has 1 aliphatic rings. The van der Waals surface area contributed by atoms with Crippen LogP contribution in [0.5, 0.6) is 0 Å². The molecular formula is C13H14N2O2. The molecule has 0 bridgehead atoms. The number of allylic oxidation sites excluding steroid dienone is 1. The standard InChI is InChI=1S/C13H14N2O2/c1-15-12(14-8-7-13(15)17)9-11(16)10-5-3-2-4-6-10/h2-6,9,14H,7-8H2,1H3/b12-9-. The van der Waals surface area contributed by atoms with E-state index in [4.69, 9.17) is 0 Å². The van der Waals surface area contributed by atoms with E-state index in [1.54, 1.807) is 19.2 Å². The number of benzene rings is 1. The summed E-state index contributed by atoms with van der Waals surface area (Å²) >= 11 is 0. The van der Waals surface area contributed by atoms with Gasteiger partial charge in [0, 0.05) is 31.7 Å². The van der Waals surface area contributed by atoms with Gasteiger partial charge in [-0.2, -0.15) is 0 Å². The highest BCUT2D eigenvalue weighted by molar-refractivity contribution is 6.05. The minimum atomic E-state index is -0.102. The molecule has 0 aliphatic carbocycles. The molecule has 1 N–H and O–H groups in total. The van der Waals surface area contributed by atoms with Crippen LogP contribution in [0.4, 0.5) is 0 Å². The maximum absolute atomic E-state index is 11.9. The van der Waals surface area contributed by atoms with Gasteiger partial charge in [0.1, 0.15) is 5.82 Å². The van der Waals surface area contributed by atoms with E-state index in [1.165, 1.54) is 11.0 Å². The highest BCUT2D eigenvalue weighted by Crippen LogP contribution is 2.09. The molecule has 2 rings (SSSR count). The van der Waals surface area contributed by atoms with Crippen LogP contribution in [0.15, 0.2) is 42.2 Å². The minimum Gasteiger partial charge on any atom is -0.371 e. The second kappa shape index (κ2) is 4.82. The van der Waals surface area contributed by atoms with E-state index in [9.17, 15) is 9.59 Å². The predicted molar refractivity (Wildman–Crippen MR) is 64.2 cm³/mol. The molecule has 0 spiro atoms. The van der Waals surface area contributed by atoms with E-state index < -0.39 is 0 Å². The summed E-state index contributed by atoms with van der Waals surface area (Å²) in [6.07, 6.45) is 1.93. The van der Waals surface area contributed by atoms with Crippen LogP contribution in [0.3, 0.4) is 0 Å². The average Bonchev–Trinajstić information content (AvgIpc) is 2.36. The van der Waals surface area contributed by atoms with Gasteiger partial charge in [0.2, 0.25) is 5.91 Å². The van der Waals surface area contributed by atoms with E-state index in [0.29, 0.717) is 24.4 Å². The first-order valence-electron chi connectivity index (χ1n) is 5.50. The lowest BCUT2D eigenvalue weighted by Gasteiger charge is -2.26. The Balaban J connectivity index is 2.19. The molecule has 1 aromatic rings. The summed E-state index contributed by atoms with van der Waals surface area (Å²) in [5, 5.41) is 3.05. The van der Waals surface area contributed by atoms with E-state index in [-0.39, 0.29) is 11.7 Å². The van der Waals surface area contributed by atoms with Crippen molar-refractivity contribution < 1.29 is 9.59 Å². The summed E-state index contributed by atoms with van der Waals surface area (Å²) in [5.74, 6) is 0.487. The Morgan fingerprint density at radius 1 is 1.35 bits per heavy atom. The predicted octanol–water partition coefficient (Wildman–Crippen LogP) is 1.16. The molecule has 0 aromatic heterocycles. The van der Waals surface area contributed by atoms with Crippen LogP contribution in [0.1, 0.15) is 16.8 Å². The van der Waals surface area contributed by atoms with Crippen LogP contribution in [-0.2, 0) is 4.79 Å². The Bertz CT molecular complexity index is 466. The summed E-state index contributed by atoms with van der Waals surface area (Å²) in [6.45, 7) is 0.580. The van der Waals surface area contributed by atoms with Gasteiger partial charge in [-0.15, -0.1) is 0 Å². The molecule has 17 heavy (non-hydrogen) atoms. The molecule has 88 valence electrons. The van der Waals surface area contributed by atoms with Gasteiger partial charge in [-0.3, -0.25) is 9.59 Å². The number of ketones is 1. The first-order valence-corrected chi connectivity index (χ1v) is 5.50. The van der Waals surface area contributed by atoms with Crippen molar-refractivity contribution in [3.8, 4) is 0 Å². The maximum Gasteiger partial charge on any atom is 0.229 e. The summed E-state index contributed by atoms with van der Waals surface area (Å²) in [4.78, 5) is 24.8. The quantitative estimate of drug-likeness (QED) is 0.612. The fourth-order valence-corrected chi connectivity index (χ4v) is 1.68. The molecule has 1 aromatic carbocycles. The summed E-state index contributed by atoms with van der Waals surface area (Å²) in [7, 11) is 1.67. The van der Waals surface area contributed by atoms with Gasteiger partial charge in [0.25, 0.3) is 0 Å². The Hall–Kier alpha value is -2.10. The first kappa shape index (κ1) is 11.4. The largest absolute Gasteiger partial charge is 0.371 e. The maximum atomic E-state index is 11.9. The fourth-order valence-electron chi connectivity index (χ4n) is 1.68. The molecule has 0 unspecified atom stereocenters. The number of carbonyl (C=O) groups is 2. The molecular weight excluding hydrogens is 216 g/mol. The average molecular weight is 230 g/mol. The fraction of sp³-hybridized carbons (Fsp3) is 0.231. The summed E-state index contributed by atoms with van der Waals surface area (Å²) in [5.41, 5.74) is 0.619. The summed E-state index contributed by atoms with van der Waals surface area (Å²) in [6, 6.07) is 9.00. The van der Waals surface area contributed by atoms with Crippen LogP contribution in [0, 0.1) is 0 Å². The molecule has 4 heteroatoms. The molecule has 1 amide bonds.